The molecule has 2 aromatic rings. The molecular weight excluding hydrogens is 368 g/mol. The molecule has 4 nitrogen and oxygen atoms in total. The van der Waals surface area contributed by atoms with Crippen LogP contribution in [0.25, 0.3) is 0 Å². The molecule has 0 atom stereocenters. The van der Waals surface area contributed by atoms with Crippen molar-refractivity contribution in [3.63, 3.8) is 0 Å². The van der Waals surface area contributed by atoms with Gasteiger partial charge in [0.25, 0.3) is 0 Å². The van der Waals surface area contributed by atoms with Crippen molar-refractivity contribution in [1.82, 2.24) is 0 Å². The minimum absolute atomic E-state index is 0.121. The number of benzene rings is 1. The van der Waals surface area contributed by atoms with Gasteiger partial charge in [0, 0.05) is 20.3 Å². The van der Waals surface area contributed by atoms with Gasteiger partial charge < -0.3 is 9.47 Å². The number of Topliss-reactive ketones (excluding diaryl/α,β-unsaturated/α-hetero) is 1. The summed E-state index contributed by atoms with van der Waals surface area (Å²) in [7, 11) is 0. The lowest BCUT2D eigenvalue weighted by atomic mass is 10.1. The van der Waals surface area contributed by atoms with Gasteiger partial charge in [0.1, 0.15) is 11.3 Å². The Balaban J connectivity index is 2.07. The van der Waals surface area contributed by atoms with Gasteiger partial charge in [0.2, 0.25) is 0 Å². The highest BCUT2D eigenvalue weighted by Gasteiger charge is 2.20. The van der Waals surface area contributed by atoms with Crippen molar-refractivity contribution in [2.45, 2.75) is 13.8 Å². The summed E-state index contributed by atoms with van der Waals surface area (Å²) in [5.74, 6) is -0.176. The number of hydrogen-bond donors (Lipinski definition) is 0. The second kappa shape index (κ2) is 7.56. The third-order valence-corrected chi connectivity index (χ3v) is 4.36. The van der Waals surface area contributed by atoms with Gasteiger partial charge in [-0.3, -0.25) is 4.79 Å². The molecule has 0 saturated carbocycles. The van der Waals surface area contributed by atoms with Crippen LogP contribution in [-0.2, 0) is 4.74 Å². The van der Waals surface area contributed by atoms with Gasteiger partial charge in [0.15, 0.2) is 12.4 Å². The molecule has 1 aromatic carbocycles. The van der Waals surface area contributed by atoms with Gasteiger partial charge in [0.05, 0.1) is 6.61 Å². The summed E-state index contributed by atoms with van der Waals surface area (Å²) in [6, 6.07) is 7.04. The number of halogens is 1. The van der Waals surface area contributed by atoms with Crippen molar-refractivity contribution < 1.29 is 19.1 Å². The number of ketones is 1. The Labute approximate surface area is 141 Å². The summed E-state index contributed by atoms with van der Waals surface area (Å²) >= 11 is 4.71. The first-order valence-electron chi connectivity index (χ1n) is 6.69. The molecule has 0 radical (unpaired) electrons. The SMILES string of the molecule is CCOC(=O)c1c(OCC(=O)c2ccc(Br)cc2)csc1C. The highest BCUT2D eigenvalue weighted by atomic mass is 79.9. The highest BCUT2D eigenvalue weighted by Crippen LogP contribution is 2.29. The van der Waals surface area contributed by atoms with Crippen LogP contribution in [-0.4, -0.2) is 25.0 Å². The van der Waals surface area contributed by atoms with Crippen LogP contribution in [0.1, 0.15) is 32.5 Å². The minimum Gasteiger partial charge on any atom is -0.484 e. The van der Waals surface area contributed by atoms with E-state index in [1.165, 1.54) is 11.3 Å². The van der Waals surface area contributed by atoms with Crippen LogP contribution in [0.15, 0.2) is 34.1 Å². The molecule has 6 heteroatoms. The van der Waals surface area contributed by atoms with Gasteiger partial charge in [-0.1, -0.05) is 28.1 Å². The maximum Gasteiger partial charge on any atom is 0.343 e. The number of rotatable bonds is 6. The van der Waals surface area contributed by atoms with E-state index in [9.17, 15) is 9.59 Å². The van der Waals surface area contributed by atoms with Gasteiger partial charge >= 0.3 is 5.97 Å². The Morgan fingerprint density at radius 1 is 1.23 bits per heavy atom. The van der Waals surface area contributed by atoms with Crippen LogP contribution < -0.4 is 4.74 Å². The summed E-state index contributed by atoms with van der Waals surface area (Å²) in [4.78, 5) is 24.8. The van der Waals surface area contributed by atoms with E-state index < -0.39 is 5.97 Å². The Hall–Kier alpha value is -1.66. The summed E-state index contributed by atoms with van der Waals surface area (Å²) in [6.45, 7) is 3.74. The third kappa shape index (κ3) is 3.96. The number of thiophene rings is 1. The summed E-state index contributed by atoms with van der Waals surface area (Å²) in [6.07, 6.45) is 0. The smallest absolute Gasteiger partial charge is 0.343 e. The van der Waals surface area contributed by atoms with Crippen molar-refractivity contribution in [3.05, 3.63) is 50.1 Å². The van der Waals surface area contributed by atoms with E-state index in [4.69, 9.17) is 9.47 Å². The average molecular weight is 383 g/mol. The van der Waals surface area contributed by atoms with Gasteiger partial charge in [-0.2, -0.15) is 0 Å². The Morgan fingerprint density at radius 2 is 1.91 bits per heavy atom. The monoisotopic (exact) mass is 382 g/mol. The fourth-order valence-electron chi connectivity index (χ4n) is 1.85. The molecule has 0 amide bonds. The zero-order chi connectivity index (χ0) is 16.1. The molecule has 0 aliphatic rings. The lowest BCUT2D eigenvalue weighted by Crippen LogP contribution is -2.13. The fraction of sp³-hybridized carbons (Fsp3) is 0.250. The first-order valence-corrected chi connectivity index (χ1v) is 8.37. The number of esters is 1. The molecule has 0 aliphatic heterocycles. The minimum atomic E-state index is -0.424. The van der Waals surface area contributed by atoms with Crippen LogP contribution in [0.2, 0.25) is 0 Å². The predicted molar refractivity (Wildman–Crippen MR) is 89.0 cm³/mol. The van der Waals surface area contributed by atoms with E-state index in [2.05, 4.69) is 15.9 Å². The molecule has 22 heavy (non-hydrogen) atoms. The van der Waals surface area contributed by atoms with Crippen molar-refractivity contribution in [1.29, 1.82) is 0 Å². The van der Waals surface area contributed by atoms with Gasteiger partial charge in [-0.15, -0.1) is 11.3 Å². The second-order valence-corrected chi connectivity index (χ2v) is 6.47. The Morgan fingerprint density at radius 3 is 2.55 bits per heavy atom. The van der Waals surface area contributed by atoms with Crippen LogP contribution in [0.5, 0.6) is 5.75 Å². The van der Waals surface area contributed by atoms with Crippen molar-refractivity contribution in [3.8, 4) is 5.75 Å². The lowest BCUT2D eigenvalue weighted by Gasteiger charge is -2.07. The molecule has 0 saturated heterocycles. The highest BCUT2D eigenvalue weighted by molar-refractivity contribution is 9.10. The molecule has 0 bridgehead atoms. The molecule has 0 N–H and O–H groups in total. The number of carbonyl (C=O) groups is 2. The third-order valence-electron chi connectivity index (χ3n) is 2.95. The molecule has 2 rings (SSSR count). The van der Waals surface area contributed by atoms with Gasteiger partial charge in [-0.25, -0.2) is 4.79 Å². The number of ether oxygens (including phenoxy) is 2. The molecule has 0 fully saturated rings. The fourth-order valence-corrected chi connectivity index (χ4v) is 2.89. The molecule has 1 heterocycles. The number of carbonyl (C=O) groups excluding carboxylic acids is 2. The molecule has 0 unspecified atom stereocenters. The maximum absolute atomic E-state index is 12.1. The van der Waals surface area contributed by atoms with Crippen molar-refractivity contribution in [2.24, 2.45) is 0 Å². The van der Waals surface area contributed by atoms with Crippen LogP contribution in [0, 0.1) is 6.92 Å². The normalized spacial score (nSPS) is 10.3. The van der Waals surface area contributed by atoms with E-state index >= 15 is 0 Å². The Bertz CT molecular complexity index is 676. The first-order chi connectivity index (χ1) is 10.5. The average Bonchev–Trinajstić information content (AvgIpc) is 2.86. The zero-order valence-corrected chi connectivity index (χ0v) is 14.6. The largest absolute Gasteiger partial charge is 0.484 e. The van der Waals surface area contributed by atoms with E-state index in [0.717, 1.165) is 9.35 Å². The second-order valence-electron chi connectivity index (χ2n) is 4.47. The van der Waals surface area contributed by atoms with Gasteiger partial charge in [-0.05, 0) is 26.0 Å². The number of aryl methyl sites for hydroxylation is 1. The topological polar surface area (TPSA) is 52.6 Å². The lowest BCUT2D eigenvalue weighted by molar-refractivity contribution is 0.0520. The predicted octanol–water partition coefficient (Wildman–Crippen LogP) is 4.26. The van der Waals surface area contributed by atoms with E-state index in [1.54, 1.807) is 36.6 Å². The molecule has 0 spiro atoms. The Kier molecular flexibility index (Phi) is 5.74. The van der Waals surface area contributed by atoms with E-state index in [-0.39, 0.29) is 12.4 Å². The molecule has 116 valence electrons. The number of hydrogen-bond acceptors (Lipinski definition) is 5. The maximum atomic E-state index is 12.1. The standard InChI is InChI=1S/C16H15BrO4S/c1-3-20-16(19)15-10(2)22-9-14(15)21-8-13(18)11-4-6-12(17)7-5-11/h4-7,9H,3,8H2,1-2H3. The molecular formula is C16H15BrO4S. The van der Waals surface area contributed by atoms with Crippen LogP contribution in [0.4, 0.5) is 0 Å². The summed E-state index contributed by atoms with van der Waals surface area (Å²) in [5, 5.41) is 1.72. The van der Waals surface area contributed by atoms with E-state index in [0.29, 0.717) is 23.5 Å². The summed E-state index contributed by atoms with van der Waals surface area (Å²) in [5.41, 5.74) is 0.961. The van der Waals surface area contributed by atoms with Crippen molar-refractivity contribution in [2.75, 3.05) is 13.2 Å². The quantitative estimate of drug-likeness (QED) is 0.553. The van der Waals surface area contributed by atoms with E-state index in [1.807, 2.05) is 6.92 Å². The zero-order valence-electron chi connectivity index (χ0n) is 12.2. The summed E-state index contributed by atoms with van der Waals surface area (Å²) < 4.78 is 11.4. The van der Waals surface area contributed by atoms with Crippen LogP contribution in [0.3, 0.4) is 0 Å². The molecule has 0 aliphatic carbocycles. The van der Waals surface area contributed by atoms with Crippen LogP contribution >= 0.6 is 27.3 Å². The first kappa shape index (κ1) is 16.7. The van der Waals surface area contributed by atoms with Crippen molar-refractivity contribution >= 4 is 39.0 Å². The molecule has 1 aromatic heterocycles.